The first-order valence-corrected chi connectivity index (χ1v) is 9.42. The van der Waals surface area contributed by atoms with Gasteiger partial charge in [0.05, 0.1) is 12.1 Å². The predicted octanol–water partition coefficient (Wildman–Crippen LogP) is 4.34. The van der Waals surface area contributed by atoms with Gasteiger partial charge in [0.1, 0.15) is 6.17 Å². The molecule has 0 bridgehead atoms. The summed E-state index contributed by atoms with van der Waals surface area (Å²) in [5.74, 6) is -0.264. The Morgan fingerprint density at radius 1 is 1.17 bits per heavy atom. The van der Waals surface area contributed by atoms with Crippen molar-refractivity contribution in [2.24, 2.45) is 0 Å². The summed E-state index contributed by atoms with van der Waals surface area (Å²) >= 11 is 0. The number of pyridine rings is 2. The Labute approximate surface area is 172 Å². The number of aliphatic carboxylic acids is 1. The maximum Gasteiger partial charge on any atom is 0.307 e. The van der Waals surface area contributed by atoms with E-state index in [9.17, 15) is 18.7 Å². The van der Waals surface area contributed by atoms with Crippen LogP contribution < -0.4 is 9.80 Å². The van der Waals surface area contributed by atoms with Gasteiger partial charge in [0.2, 0.25) is 0 Å². The predicted molar refractivity (Wildman–Crippen MR) is 109 cm³/mol. The smallest absolute Gasteiger partial charge is 0.307 e. The fourth-order valence-corrected chi connectivity index (χ4v) is 3.73. The van der Waals surface area contributed by atoms with Gasteiger partial charge in [0.25, 0.3) is 6.43 Å². The third-order valence-electron chi connectivity index (χ3n) is 5.20. The number of aromatic nitrogens is 2. The van der Waals surface area contributed by atoms with Gasteiger partial charge in [-0.25, -0.2) is 13.8 Å². The topological polar surface area (TPSA) is 69.6 Å². The van der Waals surface area contributed by atoms with E-state index in [0.717, 1.165) is 11.3 Å². The number of carbonyl (C=O) groups is 1. The van der Waals surface area contributed by atoms with Crippen LogP contribution in [0.15, 0.2) is 61.1 Å². The second-order valence-electron chi connectivity index (χ2n) is 7.17. The number of carboxylic acids is 1. The first-order valence-electron chi connectivity index (χ1n) is 9.42. The van der Waals surface area contributed by atoms with Crippen LogP contribution in [0.1, 0.15) is 24.0 Å². The van der Waals surface area contributed by atoms with Crippen molar-refractivity contribution in [3.63, 3.8) is 0 Å². The third kappa shape index (κ3) is 3.80. The van der Waals surface area contributed by atoms with Crippen LogP contribution in [0.25, 0.3) is 11.1 Å². The first-order chi connectivity index (χ1) is 14.4. The average molecular weight is 410 g/mol. The molecule has 2 aromatic heterocycles. The molecule has 0 amide bonds. The number of nitrogens with zero attached hydrogens (tertiary/aromatic N) is 4. The van der Waals surface area contributed by atoms with Gasteiger partial charge in [0.15, 0.2) is 5.82 Å². The molecule has 1 N–H and O–H groups in total. The maximum absolute atomic E-state index is 13.1. The van der Waals surface area contributed by atoms with Crippen molar-refractivity contribution in [3.8, 4) is 11.1 Å². The highest BCUT2D eigenvalue weighted by Crippen LogP contribution is 2.41. The van der Waals surface area contributed by atoms with Crippen LogP contribution in [0.4, 0.5) is 20.3 Å². The zero-order chi connectivity index (χ0) is 21.3. The number of fused-ring (bicyclic) bond motifs is 1. The molecule has 8 heteroatoms. The van der Waals surface area contributed by atoms with E-state index in [0.29, 0.717) is 23.5 Å². The second-order valence-corrected chi connectivity index (χ2v) is 7.17. The van der Waals surface area contributed by atoms with E-state index in [1.54, 1.807) is 37.8 Å². The SMILES string of the molecule is CN1c2ncc(-c3cccc(C(F)F)c3)cc2N(Cc2cccnc2)C1CC(=O)O. The molecule has 6 nitrogen and oxygen atoms in total. The average Bonchev–Trinajstić information content (AvgIpc) is 2.99. The van der Waals surface area contributed by atoms with Crippen molar-refractivity contribution in [1.82, 2.24) is 9.97 Å². The molecule has 3 aromatic rings. The number of halogens is 2. The van der Waals surface area contributed by atoms with Gasteiger partial charge >= 0.3 is 5.97 Å². The maximum atomic E-state index is 13.1. The quantitative estimate of drug-likeness (QED) is 0.652. The lowest BCUT2D eigenvalue weighted by molar-refractivity contribution is -0.137. The molecule has 3 heterocycles. The van der Waals surface area contributed by atoms with E-state index in [2.05, 4.69) is 9.97 Å². The monoisotopic (exact) mass is 410 g/mol. The van der Waals surface area contributed by atoms with Crippen molar-refractivity contribution >= 4 is 17.5 Å². The molecular weight excluding hydrogens is 390 g/mol. The molecule has 1 aromatic carbocycles. The minimum absolute atomic E-state index is 0.0545. The standard InChI is InChI=1S/C22H20F2N4O2/c1-27-19(10-20(29)30)28(13-14-4-3-7-25-11-14)18-9-17(12-26-22(18)27)15-5-2-6-16(8-15)21(23)24/h2-9,11-12,19,21H,10,13H2,1H3,(H,29,30). The number of anilines is 2. The van der Waals surface area contributed by atoms with E-state index in [4.69, 9.17) is 0 Å². The van der Waals surface area contributed by atoms with Gasteiger partial charge in [-0.1, -0.05) is 24.3 Å². The van der Waals surface area contributed by atoms with E-state index < -0.39 is 18.6 Å². The third-order valence-corrected chi connectivity index (χ3v) is 5.20. The number of hydrogen-bond acceptors (Lipinski definition) is 5. The van der Waals surface area contributed by atoms with Crippen molar-refractivity contribution < 1.29 is 18.7 Å². The lowest BCUT2D eigenvalue weighted by Gasteiger charge is -2.29. The first kappa shape index (κ1) is 19.8. The minimum Gasteiger partial charge on any atom is -0.481 e. The molecule has 0 radical (unpaired) electrons. The van der Waals surface area contributed by atoms with Crippen LogP contribution in [0, 0.1) is 0 Å². The van der Waals surface area contributed by atoms with Crippen LogP contribution in [0.3, 0.4) is 0 Å². The summed E-state index contributed by atoms with van der Waals surface area (Å²) in [7, 11) is 1.81. The van der Waals surface area contributed by atoms with Gasteiger partial charge < -0.3 is 14.9 Å². The largest absolute Gasteiger partial charge is 0.481 e. The van der Waals surface area contributed by atoms with E-state index in [1.807, 2.05) is 28.0 Å². The van der Waals surface area contributed by atoms with Gasteiger partial charge in [0, 0.05) is 43.3 Å². The van der Waals surface area contributed by atoms with E-state index in [-0.39, 0.29) is 12.0 Å². The summed E-state index contributed by atoms with van der Waals surface area (Å²) in [6, 6.07) is 11.8. The van der Waals surface area contributed by atoms with Crippen LogP contribution in [0.2, 0.25) is 0 Å². The van der Waals surface area contributed by atoms with Crippen LogP contribution in [-0.2, 0) is 11.3 Å². The molecule has 30 heavy (non-hydrogen) atoms. The molecule has 0 fully saturated rings. The lowest BCUT2D eigenvalue weighted by Crippen LogP contribution is -2.42. The van der Waals surface area contributed by atoms with Gasteiger partial charge in [-0.3, -0.25) is 9.78 Å². The lowest BCUT2D eigenvalue weighted by atomic mass is 10.0. The van der Waals surface area contributed by atoms with Crippen molar-refractivity contribution in [2.75, 3.05) is 16.8 Å². The Morgan fingerprint density at radius 2 is 2.00 bits per heavy atom. The van der Waals surface area contributed by atoms with Crippen molar-refractivity contribution in [1.29, 1.82) is 0 Å². The number of benzene rings is 1. The summed E-state index contributed by atoms with van der Waals surface area (Å²) in [6.07, 6.45) is 1.97. The summed E-state index contributed by atoms with van der Waals surface area (Å²) in [6.45, 7) is 0.450. The molecule has 1 aliphatic rings. The molecule has 1 aliphatic heterocycles. The van der Waals surface area contributed by atoms with Crippen LogP contribution in [-0.4, -0.2) is 34.3 Å². The fraction of sp³-hybridized carbons (Fsp3) is 0.227. The number of rotatable bonds is 6. The Hall–Kier alpha value is -3.55. The highest BCUT2D eigenvalue weighted by molar-refractivity contribution is 5.81. The molecular formula is C22H20F2N4O2. The summed E-state index contributed by atoms with van der Waals surface area (Å²) in [5, 5.41) is 9.41. The van der Waals surface area contributed by atoms with Gasteiger partial charge in [-0.2, -0.15) is 0 Å². The Bertz CT molecular complexity index is 1060. The van der Waals surface area contributed by atoms with E-state index >= 15 is 0 Å². The molecule has 0 saturated carbocycles. The van der Waals surface area contributed by atoms with E-state index in [1.165, 1.54) is 12.1 Å². The molecule has 154 valence electrons. The molecule has 1 atom stereocenters. The van der Waals surface area contributed by atoms with Crippen LogP contribution >= 0.6 is 0 Å². The number of carboxylic acid groups (broad SMARTS) is 1. The highest BCUT2D eigenvalue weighted by Gasteiger charge is 2.36. The second kappa shape index (κ2) is 8.06. The molecule has 0 spiro atoms. The molecule has 4 rings (SSSR count). The highest BCUT2D eigenvalue weighted by atomic mass is 19.3. The fourth-order valence-electron chi connectivity index (χ4n) is 3.73. The Morgan fingerprint density at radius 3 is 2.70 bits per heavy atom. The van der Waals surface area contributed by atoms with Crippen molar-refractivity contribution in [3.05, 3.63) is 72.2 Å². The zero-order valence-electron chi connectivity index (χ0n) is 16.2. The Kier molecular flexibility index (Phi) is 5.31. The number of hydrogen-bond donors (Lipinski definition) is 1. The Balaban J connectivity index is 1.75. The summed E-state index contributed by atoms with van der Waals surface area (Å²) in [4.78, 5) is 23.9. The van der Waals surface area contributed by atoms with Gasteiger partial charge in [-0.15, -0.1) is 0 Å². The van der Waals surface area contributed by atoms with Crippen molar-refractivity contribution in [2.45, 2.75) is 25.6 Å². The normalized spacial score (nSPS) is 15.5. The zero-order valence-corrected chi connectivity index (χ0v) is 16.2. The molecule has 0 aliphatic carbocycles. The summed E-state index contributed by atoms with van der Waals surface area (Å²) < 4.78 is 26.2. The van der Waals surface area contributed by atoms with Gasteiger partial charge in [-0.05, 0) is 29.3 Å². The number of alkyl halides is 2. The molecule has 0 saturated heterocycles. The van der Waals surface area contributed by atoms with Crippen LogP contribution in [0.5, 0.6) is 0 Å². The molecule has 1 unspecified atom stereocenters. The summed E-state index contributed by atoms with van der Waals surface area (Å²) in [5.41, 5.74) is 2.96. The minimum atomic E-state index is -2.56.